The summed E-state index contributed by atoms with van der Waals surface area (Å²) in [6.07, 6.45) is -0.352. The van der Waals surface area contributed by atoms with Gasteiger partial charge in [-0.1, -0.05) is 23.4 Å². The topological polar surface area (TPSA) is 95.3 Å². The summed E-state index contributed by atoms with van der Waals surface area (Å²) >= 11 is 8.68. The van der Waals surface area contributed by atoms with Gasteiger partial charge in [0.05, 0.1) is 17.9 Å². The molecular weight excluding hydrogens is 508 g/mol. The number of carbonyl (C=O) groups excluding carboxylic acids is 2. The molecule has 2 heterocycles. The maximum absolute atomic E-state index is 12.7. The summed E-state index contributed by atoms with van der Waals surface area (Å²) in [5.74, 6) is 0.827. The maximum atomic E-state index is 12.7. The first-order valence-corrected chi connectivity index (χ1v) is 13.4. The van der Waals surface area contributed by atoms with Gasteiger partial charge in [-0.15, -0.1) is 21.5 Å². The molecule has 3 aromatic rings. The Balaban J connectivity index is 1.68. The number of ether oxygens (including phenoxy) is 2. The van der Waals surface area contributed by atoms with E-state index in [0.717, 1.165) is 21.8 Å². The number of benzene rings is 1. The molecule has 0 spiro atoms. The van der Waals surface area contributed by atoms with Crippen molar-refractivity contribution in [2.45, 2.75) is 59.3 Å². The van der Waals surface area contributed by atoms with Gasteiger partial charge in [-0.3, -0.25) is 4.79 Å². The van der Waals surface area contributed by atoms with E-state index in [1.54, 1.807) is 13.0 Å². The number of thioether (sulfide) groups is 1. The summed E-state index contributed by atoms with van der Waals surface area (Å²) < 4.78 is 13.2. The van der Waals surface area contributed by atoms with E-state index in [-0.39, 0.29) is 24.4 Å². The highest BCUT2D eigenvalue weighted by Crippen LogP contribution is 2.33. The zero-order valence-corrected chi connectivity index (χ0v) is 23.0. The number of esters is 1. The molecule has 0 aliphatic carbocycles. The van der Waals surface area contributed by atoms with Crippen molar-refractivity contribution in [2.24, 2.45) is 0 Å². The molecule has 0 saturated heterocycles. The molecule has 3 rings (SSSR count). The standard InChI is InChI=1S/C24H29ClN4O4S2/c1-7-29-21(15(5)33-18-10-9-17(25)11-13(18)3)27-28-24(29)34-12-19(30)26-22-20(23(31)32-8-2)14(4)16(6)35-22/h9-11,15H,7-8,12H2,1-6H3,(H,26,30). The average Bonchev–Trinajstić information content (AvgIpc) is 3.34. The lowest BCUT2D eigenvalue weighted by Crippen LogP contribution is -2.17. The van der Waals surface area contributed by atoms with Crippen molar-refractivity contribution in [2.75, 3.05) is 17.7 Å². The van der Waals surface area contributed by atoms with E-state index in [0.29, 0.717) is 33.1 Å². The van der Waals surface area contributed by atoms with Crippen molar-refractivity contribution in [1.29, 1.82) is 0 Å². The molecule has 2 aromatic heterocycles. The lowest BCUT2D eigenvalue weighted by Gasteiger charge is -2.17. The minimum absolute atomic E-state index is 0.113. The fraction of sp³-hybridized carbons (Fsp3) is 0.417. The summed E-state index contributed by atoms with van der Waals surface area (Å²) in [7, 11) is 0. The van der Waals surface area contributed by atoms with Crippen LogP contribution in [0.1, 0.15) is 59.1 Å². The molecule has 0 fully saturated rings. The van der Waals surface area contributed by atoms with Gasteiger partial charge in [0.15, 0.2) is 17.1 Å². The predicted molar refractivity (Wildman–Crippen MR) is 140 cm³/mol. The first kappa shape index (κ1) is 27.0. The Morgan fingerprint density at radius 1 is 1.23 bits per heavy atom. The third-order valence-electron chi connectivity index (χ3n) is 5.32. The van der Waals surface area contributed by atoms with Crippen LogP contribution in [0.25, 0.3) is 0 Å². The molecule has 0 aliphatic rings. The van der Waals surface area contributed by atoms with Gasteiger partial charge in [-0.05, 0) is 70.9 Å². The quantitative estimate of drug-likeness (QED) is 0.251. The van der Waals surface area contributed by atoms with E-state index in [4.69, 9.17) is 21.1 Å². The zero-order valence-electron chi connectivity index (χ0n) is 20.6. The van der Waals surface area contributed by atoms with Crippen molar-refractivity contribution in [3.63, 3.8) is 0 Å². The van der Waals surface area contributed by atoms with E-state index in [1.807, 2.05) is 51.3 Å². The number of amides is 1. The molecule has 0 saturated carbocycles. The number of aryl methyl sites for hydroxylation is 2. The molecule has 188 valence electrons. The summed E-state index contributed by atoms with van der Waals surface area (Å²) in [4.78, 5) is 26.0. The van der Waals surface area contributed by atoms with Crippen LogP contribution in [0.4, 0.5) is 5.00 Å². The number of hydrogen-bond donors (Lipinski definition) is 1. The van der Waals surface area contributed by atoms with Crippen LogP contribution in [-0.4, -0.2) is 39.0 Å². The minimum Gasteiger partial charge on any atom is -0.482 e. The number of rotatable bonds is 10. The second-order valence-electron chi connectivity index (χ2n) is 7.80. The summed E-state index contributed by atoms with van der Waals surface area (Å²) in [6.45, 7) is 12.2. The molecule has 1 unspecified atom stereocenters. The highest BCUT2D eigenvalue weighted by molar-refractivity contribution is 7.99. The number of thiophene rings is 1. The monoisotopic (exact) mass is 536 g/mol. The van der Waals surface area contributed by atoms with Crippen LogP contribution in [0, 0.1) is 20.8 Å². The average molecular weight is 537 g/mol. The van der Waals surface area contributed by atoms with Gasteiger partial charge in [0, 0.05) is 16.4 Å². The van der Waals surface area contributed by atoms with Gasteiger partial charge in [-0.25, -0.2) is 4.79 Å². The number of hydrogen-bond acceptors (Lipinski definition) is 8. The lowest BCUT2D eigenvalue weighted by molar-refractivity contribution is -0.113. The fourth-order valence-corrected chi connectivity index (χ4v) is 5.55. The Morgan fingerprint density at radius 3 is 2.63 bits per heavy atom. The molecule has 1 atom stereocenters. The Labute approximate surface area is 218 Å². The Kier molecular flexibility index (Phi) is 9.21. The highest BCUT2D eigenvalue weighted by atomic mass is 35.5. The summed E-state index contributed by atoms with van der Waals surface area (Å²) in [5, 5.41) is 13.2. The van der Waals surface area contributed by atoms with E-state index in [1.165, 1.54) is 23.1 Å². The molecule has 35 heavy (non-hydrogen) atoms. The molecule has 1 amide bonds. The zero-order chi connectivity index (χ0) is 25.7. The molecule has 8 nitrogen and oxygen atoms in total. The van der Waals surface area contributed by atoms with Crippen molar-refractivity contribution >= 4 is 51.6 Å². The third kappa shape index (κ3) is 6.36. The number of anilines is 1. The van der Waals surface area contributed by atoms with Crippen molar-refractivity contribution < 1.29 is 19.1 Å². The molecule has 1 N–H and O–H groups in total. The molecule has 1 aromatic carbocycles. The number of nitrogens with one attached hydrogen (secondary N) is 1. The fourth-order valence-electron chi connectivity index (χ4n) is 3.45. The van der Waals surface area contributed by atoms with Crippen LogP contribution in [0.3, 0.4) is 0 Å². The summed E-state index contributed by atoms with van der Waals surface area (Å²) in [5.41, 5.74) is 2.16. The molecule has 0 bridgehead atoms. The largest absolute Gasteiger partial charge is 0.482 e. The Morgan fingerprint density at radius 2 is 1.97 bits per heavy atom. The van der Waals surface area contributed by atoms with Crippen molar-refractivity contribution in [1.82, 2.24) is 14.8 Å². The van der Waals surface area contributed by atoms with Crippen LogP contribution in [0.5, 0.6) is 5.75 Å². The van der Waals surface area contributed by atoms with Crippen LogP contribution in [-0.2, 0) is 16.1 Å². The maximum Gasteiger partial charge on any atom is 0.341 e. The normalized spacial score (nSPS) is 11.9. The van der Waals surface area contributed by atoms with Crippen molar-refractivity contribution in [3.05, 3.63) is 50.6 Å². The van der Waals surface area contributed by atoms with Crippen molar-refractivity contribution in [3.8, 4) is 5.75 Å². The van der Waals surface area contributed by atoms with Gasteiger partial charge in [-0.2, -0.15) is 0 Å². The van der Waals surface area contributed by atoms with Crippen LogP contribution in [0.2, 0.25) is 5.02 Å². The van der Waals surface area contributed by atoms with Gasteiger partial charge in [0.25, 0.3) is 0 Å². The highest BCUT2D eigenvalue weighted by Gasteiger charge is 2.23. The number of nitrogens with zero attached hydrogens (tertiary/aromatic N) is 3. The number of aromatic nitrogens is 3. The lowest BCUT2D eigenvalue weighted by atomic mass is 10.1. The first-order chi connectivity index (χ1) is 16.7. The van der Waals surface area contributed by atoms with E-state index in [2.05, 4.69) is 15.5 Å². The van der Waals surface area contributed by atoms with Gasteiger partial charge < -0.3 is 19.4 Å². The minimum atomic E-state index is -0.433. The number of carbonyl (C=O) groups is 2. The van der Waals surface area contributed by atoms with E-state index < -0.39 is 5.97 Å². The SMILES string of the molecule is CCOC(=O)c1c(NC(=O)CSc2nnc(C(C)Oc3ccc(Cl)cc3C)n2CC)sc(C)c1C. The van der Waals surface area contributed by atoms with E-state index in [9.17, 15) is 9.59 Å². The van der Waals surface area contributed by atoms with Crippen LogP contribution >= 0.6 is 34.7 Å². The summed E-state index contributed by atoms with van der Waals surface area (Å²) in [6, 6.07) is 5.46. The molecule has 0 aliphatic heterocycles. The Bertz CT molecular complexity index is 1220. The van der Waals surface area contributed by atoms with Crippen LogP contribution < -0.4 is 10.1 Å². The first-order valence-electron chi connectivity index (χ1n) is 11.2. The second kappa shape index (κ2) is 11.9. The third-order valence-corrected chi connectivity index (χ3v) is 7.64. The molecule has 11 heteroatoms. The molecule has 0 radical (unpaired) electrons. The van der Waals surface area contributed by atoms with Gasteiger partial charge in [0.1, 0.15) is 10.8 Å². The van der Waals surface area contributed by atoms with Crippen LogP contribution in [0.15, 0.2) is 23.4 Å². The molecular formula is C24H29ClN4O4S2. The second-order valence-corrected chi connectivity index (χ2v) is 10.4. The number of halogens is 1. The van der Waals surface area contributed by atoms with Gasteiger partial charge in [0.2, 0.25) is 5.91 Å². The Hall–Kier alpha value is -2.56. The predicted octanol–water partition coefficient (Wildman–Crippen LogP) is 5.99. The van der Waals surface area contributed by atoms with E-state index >= 15 is 0 Å². The smallest absolute Gasteiger partial charge is 0.341 e. The van der Waals surface area contributed by atoms with Gasteiger partial charge >= 0.3 is 5.97 Å².